The molecule has 0 amide bonds. The van der Waals surface area contributed by atoms with Gasteiger partial charge >= 0.3 is 0 Å². The number of hydrogen-bond donors (Lipinski definition) is 0. The number of aryl methyl sites for hydroxylation is 2. The molecule has 136 valence electrons. The number of benzene rings is 2. The standard InChI is InChI=1S/C23H24N4/c1-17-15-22(26-14-12-18-7-2-3-9-20(18)16-26)25-23(24-17)27-13-6-10-19-8-4-5-11-21(19)27/h2-5,7-9,11,15H,6,10,12-14,16H2,1H3. The van der Waals surface area contributed by atoms with Crippen LogP contribution in [0.15, 0.2) is 54.6 Å². The number of nitrogens with zero attached hydrogens (tertiary/aromatic N) is 4. The van der Waals surface area contributed by atoms with Crippen LogP contribution in [-0.2, 0) is 19.4 Å². The highest BCUT2D eigenvalue weighted by Crippen LogP contribution is 2.33. The van der Waals surface area contributed by atoms with E-state index < -0.39 is 0 Å². The van der Waals surface area contributed by atoms with Crippen molar-refractivity contribution in [1.82, 2.24) is 9.97 Å². The largest absolute Gasteiger partial charge is 0.352 e. The molecule has 0 fully saturated rings. The third kappa shape index (κ3) is 3.05. The van der Waals surface area contributed by atoms with Crippen molar-refractivity contribution in [3.05, 3.63) is 77.0 Å². The molecule has 0 atom stereocenters. The van der Waals surface area contributed by atoms with Crippen molar-refractivity contribution in [1.29, 1.82) is 0 Å². The quantitative estimate of drug-likeness (QED) is 0.680. The van der Waals surface area contributed by atoms with Crippen LogP contribution in [0.5, 0.6) is 0 Å². The van der Waals surface area contributed by atoms with E-state index in [1.54, 1.807) is 0 Å². The maximum atomic E-state index is 4.99. The molecule has 0 radical (unpaired) electrons. The predicted molar refractivity (Wildman–Crippen MR) is 110 cm³/mol. The first-order valence-electron chi connectivity index (χ1n) is 9.81. The van der Waals surface area contributed by atoms with Gasteiger partial charge in [-0.25, -0.2) is 4.98 Å². The molecule has 0 spiro atoms. The number of hydrogen-bond acceptors (Lipinski definition) is 4. The fraction of sp³-hybridized carbons (Fsp3) is 0.304. The van der Waals surface area contributed by atoms with Crippen LogP contribution in [0.1, 0.15) is 28.8 Å². The molecule has 0 aliphatic carbocycles. The first-order valence-corrected chi connectivity index (χ1v) is 9.81. The summed E-state index contributed by atoms with van der Waals surface area (Å²) in [6.07, 6.45) is 3.34. The van der Waals surface area contributed by atoms with Gasteiger partial charge in [-0.15, -0.1) is 0 Å². The summed E-state index contributed by atoms with van der Waals surface area (Å²) < 4.78 is 0. The van der Waals surface area contributed by atoms with Gasteiger partial charge in [-0.05, 0) is 48.9 Å². The molecule has 2 aromatic carbocycles. The molecule has 1 aromatic heterocycles. The molecule has 4 nitrogen and oxygen atoms in total. The molecule has 0 saturated carbocycles. The monoisotopic (exact) mass is 356 g/mol. The van der Waals surface area contributed by atoms with Gasteiger partial charge in [0, 0.05) is 37.1 Å². The third-order valence-corrected chi connectivity index (χ3v) is 5.64. The lowest BCUT2D eigenvalue weighted by atomic mass is 10.00. The van der Waals surface area contributed by atoms with Gasteiger partial charge < -0.3 is 9.80 Å². The fourth-order valence-electron chi connectivity index (χ4n) is 4.25. The van der Waals surface area contributed by atoms with E-state index in [0.29, 0.717) is 0 Å². The third-order valence-electron chi connectivity index (χ3n) is 5.64. The second-order valence-corrected chi connectivity index (χ2v) is 7.49. The maximum Gasteiger partial charge on any atom is 0.232 e. The smallest absolute Gasteiger partial charge is 0.232 e. The van der Waals surface area contributed by atoms with Crippen molar-refractivity contribution >= 4 is 17.5 Å². The Hall–Kier alpha value is -2.88. The van der Waals surface area contributed by atoms with Crippen LogP contribution in [0.4, 0.5) is 17.5 Å². The van der Waals surface area contributed by atoms with Crippen molar-refractivity contribution in [3.8, 4) is 0 Å². The van der Waals surface area contributed by atoms with Crippen LogP contribution < -0.4 is 9.80 Å². The molecule has 0 N–H and O–H groups in total. The van der Waals surface area contributed by atoms with Crippen LogP contribution in [0.2, 0.25) is 0 Å². The molecular formula is C23H24N4. The van der Waals surface area contributed by atoms with Gasteiger partial charge in [-0.1, -0.05) is 42.5 Å². The summed E-state index contributed by atoms with van der Waals surface area (Å²) in [5, 5.41) is 0. The van der Waals surface area contributed by atoms with Gasteiger partial charge in [0.25, 0.3) is 0 Å². The fourth-order valence-corrected chi connectivity index (χ4v) is 4.25. The van der Waals surface area contributed by atoms with E-state index in [4.69, 9.17) is 9.97 Å². The van der Waals surface area contributed by atoms with Crippen LogP contribution >= 0.6 is 0 Å². The minimum atomic E-state index is 0.830. The Bertz CT molecular complexity index is 982. The van der Waals surface area contributed by atoms with E-state index >= 15 is 0 Å². The Balaban J connectivity index is 1.50. The van der Waals surface area contributed by atoms with E-state index in [0.717, 1.165) is 56.4 Å². The number of rotatable bonds is 2. The SMILES string of the molecule is Cc1cc(N2CCc3ccccc3C2)nc(N2CCCc3ccccc32)n1. The Morgan fingerprint density at radius 3 is 2.48 bits per heavy atom. The summed E-state index contributed by atoms with van der Waals surface area (Å²) in [6, 6.07) is 19.5. The summed E-state index contributed by atoms with van der Waals surface area (Å²) in [7, 11) is 0. The zero-order valence-corrected chi connectivity index (χ0v) is 15.7. The number of anilines is 3. The lowest BCUT2D eigenvalue weighted by Crippen LogP contribution is -2.32. The minimum absolute atomic E-state index is 0.830. The molecule has 27 heavy (non-hydrogen) atoms. The van der Waals surface area contributed by atoms with E-state index in [1.165, 1.54) is 22.4 Å². The first-order chi connectivity index (χ1) is 13.3. The Morgan fingerprint density at radius 2 is 1.59 bits per heavy atom. The first kappa shape index (κ1) is 16.3. The van der Waals surface area contributed by atoms with E-state index in [9.17, 15) is 0 Å². The Labute approximate surface area is 160 Å². The molecule has 4 heteroatoms. The van der Waals surface area contributed by atoms with Crippen LogP contribution in [0.25, 0.3) is 0 Å². The number of para-hydroxylation sites is 1. The average molecular weight is 356 g/mol. The van der Waals surface area contributed by atoms with Gasteiger partial charge in [-0.3, -0.25) is 0 Å². The molecule has 0 bridgehead atoms. The highest BCUT2D eigenvalue weighted by atomic mass is 15.3. The highest BCUT2D eigenvalue weighted by molar-refractivity contribution is 5.64. The predicted octanol–water partition coefficient (Wildman–Crippen LogP) is 4.43. The second kappa shape index (κ2) is 6.69. The summed E-state index contributed by atoms with van der Waals surface area (Å²) in [5.74, 6) is 1.87. The van der Waals surface area contributed by atoms with E-state index in [-0.39, 0.29) is 0 Å². The van der Waals surface area contributed by atoms with Crippen LogP contribution in [0.3, 0.4) is 0 Å². The molecule has 3 aromatic rings. The molecule has 3 heterocycles. The molecule has 2 aliphatic heterocycles. The van der Waals surface area contributed by atoms with Gasteiger partial charge in [0.1, 0.15) is 5.82 Å². The van der Waals surface area contributed by atoms with Gasteiger partial charge in [0.15, 0.2) is 0 Å². The zero-order chi connectivity index (χ0) is 18.2. The lowest BCUT2D eigenvalue weighted by Gasteiger charge is -2.32. The summed E-state index contributed by atoms with van der Waals surface area (Å²) in [4.78, 5) is 14.4. The second-order valence-electron chi connectivity index (χ2n) is 7.49. The molecular weight excluding hydrogens is 332 g/mol. The lowest BCUT2D eigenvalue weighted by molar-refractivity contribution is 0.710. The summed E-state index contributed by atoms with van der Waals surface area (Å²) >= 11 is 0. The molecule has 5 rings (SSSR count). The van der Waals surface area contributed by atoms with E-state index in [2.05, 4.69) is 71.3 Å². The van der Waals surface area contributed by atoms with Crippen molar-refractivity contribution in [2.24, 2.45) is 0 Å². The zero-order valence-electron chi connectivity index (χ0n) is 15.7. The van der Waals surface area contributed by atoms with Crippen LogP contribution in [0, 0.1) is 6.92 Å². The topological polar surface area (TPSA) is 32.3 Å². The Kier molecular flexibility index (Phi) is 4.04. The maximum absolute atomic E-state index is 4.99. The number of aromatic nitrogens is 2. The van der Waals surface area contributed by atoms with E-state index in [1.807, 2.05) is 0 Å². The van der Waals surface area contributed by atoms with Gasteiger partial charge in [0.2, 0.25) is 5.95 Å². The highest BCUT2D eigenvalue weighted by Gasteiger charge is 2.23. The normalized spacial score (nSPS) is 16.0. The summed E-state index contributed by atoms with van der Waals surface area (Å²) in [6.45, 7) is 4.97. The molecule has 0 unspecified atom stereocenters. The number of fused-ring (bicyclic) bond motifs is 2. The van der Waals surface area contributed by atoms with Crippen molar-refractivity contribution in [3.63, 3.8) is 0 Å². The molecule has 2 aliphatic rings. The summed E-state index contributed by atoms with van der Waals surface area (Å²) in [5.41, 5.74) is 6.54. The van der Waals surface area contributed by atoms with Crippen molar-refractivity contribution < 1.29 is 0 Å². The molecule has 0 saturated heterocycles. The average Bonchev–Trinajstić information content (AvgIpc) is 2.72. The van der Waals surface area contributed by atoms with Crippen molar-refractivity contribution in [2.45, 2.75) is 32.7 Å². The minimum Gasteiger partial charge on any atom is -0.352 e. The van der Waals surface area contributed by atoms with Gasteiger partial charge in [0.05, 0.1) is 0 Å². The van der Waals surface area contributed by atoms with Gasteiger partial charge in [-0.2, -0.15) is 4.98 Å². The van der Waals surface area contributed by atoms with Crippen LogP contribution in [-0.4, -0.2) is 23.1 Å². The van der Waals surface area contributed by atoms with Crippen molar-refractivity contribution in [2.75, 3.05) is 22.9 Å². The Morgan fingerprint density at radius 1 is 0.815 bits per heavy atom.